The van der Waals surface area contributed by atoms with Crippen molar-refractivity contribution in [3.63, 3.8) is 0 Å². The smallest absolute Gasteiger partial charge is 0.115 e. The van der Waals surface area contributed by atoms with Crippen molar-refractivity contribution in [2.75, 3.05) is 0 Å². The molecule has 4 heteroatoms. The van der Waals surface area contributed by atoms with Crippen LogP contribution in [0.1, 0.15) is 0 Å². The van der Waals surface area contributed by atoms with Crippen LogP contribution in [0.2, 0.25) is 0 Å². The van der Waals surface area contributed by atoms with Gasteiger partial charge in [0.15, 0.2) is 0 Å². The quantitative estimate of drug-likeness (QED) is 0.682. The Labute approximate surface area is 101 Å². The molecule has 3 aromatic rings. The Hall–Kier alpha value is -1.52. The second-order valence-corrected chi connectivity index (χ2v) is 5.30. The van der Waals surface area contributed by atoms with Gasteiger partial charge in [0.1, 0.15) is 6.33 Å². The third-order valence-corrected chi connectivity index (χ3v) is 4.42. The minimum Gasteiger partial charge on any atom is -0.244 e. The molecule has 0 aliphatic heterocycles. The van der Waals surface area contributed by atoms with E-state index in [1.807, 2.05) is 12.4 Å². The van der Waals surface area contributed by atoms with Crippen molar-refractivity contribution in [2.24, 2.45) is 0 Å². The van der Waals surface area contributed by atoms with Crippen LogP contribution < -0.4 is 0 Å². The summed E-state index contributed by atoms with van der Waals surface area (Å²) in [7, 11) is 0. The first kappa shape index (κ1) is 9.69. The van der Waals surface area contributed by atoms with Gasteiger partial charge in [-0.25, -0.2) is 9.97 Å². The monoisotopic (exact) mass is 244 g/mol. The summed E-state index contributed by atoms with van der Waals surface area (Å²) in [4.78, 5) is 11.9. The predicted octanol–water partition coefficient (Wildman–Crippen LogP) is 3.93. The van der Waals surface area contributed by atoms with Gasteiger partial charge in [-0.15, -0.1) is 22.7 Å². The van der Waals surface area contributed by atoms with Gasteiger partial charge in [0.05, 0.1) is 0 Å². The van der Waals surface area contributed by atoms with Crippen LogP contribution in [-0.2, 0) is 0 Å². The molecule has 16 heavy (non-hydrogen) atoms. The summed E-state index contributed by atoms with van der Waals surface area (Å²) in [5.74, 6) is 0. The third-order valence-electron chi connectivity index (χ3n) is 2.22. The normalized spacial score (nSPS) is 10.5. The van der Waals surface area contributed by atoms with E-state index in [2.05, 4.69) is 39.6 Å². The average molecular weight is 244 g/mol. The van der Waals surface area contributed by atoms with E-state index in [4.69, 9.17) is 0 Å². The summed E-state index contributed by atoms with van der Waals surface area (Å²) in [6.45, 7) is 0. The van der Waals surface area contributed by atoms with E-state index >= 15 is 0 Å². The van der Waals surface area contributed by atoms with Gasteiger partial charge in [0.25, 0.3) is 0 Å². The molecule has 0 radical (unpaired) electrons. The Kier molecular flexibility index (Phi) is 2.52. The topological polar surface area (TPSA) is 25.8 Å². The number of aromatic nitrogens is 2. The van der Waals surface area contributed by atoms with Gasteiger partial charge in [0.2, 0.25) is 0 Å². The molecule has 0 saturated carbocycles. The second-order valence-electron chi connectivity index (χ2n) is 3.27. The summed E-state index contributed by atoms with van der Waals surface area (Å²) < 4.78 is 0. The summed E-state index contributed by atoms with van der Waals surface area (Å²) in [5, 5.41) is 2.10. The predicted molar refractivity (Wildman–Crippen MR) is 68.7 cm³/mol. The lowest BCUT2D eigenvalue weighted by Crippen LogP contribution is -1.77. The Balaban J connectivity index is 2.00. The summed E-state index contributed by atoms with van der Waals surface area (Å²) >= 11 is 3.54. The van der Waals surface area contributed by atoms with Crippen molar-refractivity contribution in [1.82, 2.24) is 9.97 Å². The lowest BCUT2D eigenvalue weighted by molar-refractivity contribution is 1.17. The highest BCUT2D eigenvalue weighted by atomic mass is 32.1. The molecule has 0 aliphatic carbocycles. The molecule has 0 amide bonds. The number of hydrogen-bond acceptors (Lipinski definition) is 4. The van der Waals surface area contributed by atoms with Gasteiger partial charge >= 0.3 is 0 Å². The molecule has 3 aromatic heterocycles. The maximum atomic E-state index is 4.03. The lowest BCUT2D eigenvalue weighted by atomic mass is 10.3. The van der Waals surface area contributed by atoms with Crippen molar-refractivity contribution >= 4 is 22.7 Å². The number of nitrogens with zero attached hydrogens (tertiary/aromatic N) is 2. The van der Waals surface area contributed by atoms with E-state index in [0.29, 0.717) is 0 Å². The van der Waals surface area contributed by atoms with E-state index in [1.54, 1.807) is 29.0 Å². The fourth-order valence-corrected chi connectivity index (χ4v) is 3.29. The van der Waals surface area contributed by atoms with Crippen molar-refractivity contribution in [3.8, 4) is 20.2 Å². The van der Waals surface area contributed by atoms with Crippen molar-refractivity contribution in [1.29, 1.82) is 0 Å². The van der Waals surface area contributed by atoms with Crippen molar-refractivity contribution in [3.05, 3.63) is 48.4 Å². The Morgan fingerprint density at radius 2 is 1.69 bits per heavy atom. The number of hydrogen-bond donors (Lipinski definition) is 0. The Morgan fingerprint density at radius 3 is 2.44 bits per heavy atom. The fraction of sp³-hybridized carbons (Fsp3) is 0. The maximum Gasteiger partial charge on any atom is 0.115 e. The zero-order valence-corrected chi connectivity index (χ0v) is 9.96. The standard InChI is InChI=1S/C12H8N2S2/c1-2-11(15-5-1)12-4-3-10(16-12)9-6-13-8-14-7-9/h1-8H. The summed E-state index contributed by atoms with van der Waals surface area (Å²) in [6, 6.07) is 8.49. The average Bonchev–Trinajstić information content (AvgIpc) is 3.01. The molecule has 78 valence electrons. The van der Waals surface area contributed by atoms with Crippen LogP contribution in [0.4, 0.5) is 0 Å². The third kappa shape index (κ3) is 1.77. The van der Waals surface area contributed by atoms with Gasteiger partial charge in [-0.1, -0.05) is 6.07 Å². The second kappa shape index (κ2) is 4.15. The maximum absolute atomic E-state index is 4.03. The first-order valence-electron chi connectivity index (χ1n) is 4.82. The summed E-state index contributed by atoms with van der Waals surface area (Å²) in [6.07, 6.45) is 5.24. The molecule has 0 aromatic carbocycles. The molecule has 0 aliphatic rings. The van der Waals surface area contributed by atoms with Crippen molar-refractivity contribution < 1.29 is 0 Å². The van der Waals surface area contributed by atoms with Crippen LogP contribution in [0.3, 0.4) is 0 Å². The highest BCUT2D eigenvalue weighted by Crippen LogP contribution is 2.35. The molecule has 3 heterocycles. The SMILES string of the molecule is c1csc(-c2ccc(-c3cncnc3)s2)c1. The van der Waals surface area contributed by atoms with E-state index < -0.39 is 0 Å². The highest BCUT2D eigenvalue weighted by molar-refractivity contribution is 7.23. The molecule has 3 rings (SSSR count). The van der Waals surface area contributed by atoms with Crippen LogP contribution >= 0.6 is 22.7 Å². The molecule has 0 unspecified atom stereocenters. The zero-order chi connectivity index (χ0) is 10.8. The van der Waals surface area contributed by atoms with Gasteiger partial charge < -0.3 is 0 Å². The van der Waals surface area contributed by atoms with E-state index in [-0.39, 0.29) is 0 Å². The number of rotatable bonds is 2. The summed E-state index contributed by atoms with van der Waals surface area (Å²) in [5.41, 5.74) is 1.08. The van der Waals surface area contributed by atoms with Crippen LogP contribution in [0.25, 0.3) is 20.2 Å². The molecule has 0 atom stereocenters. The molecular formula is C12H8N2S2. The number of thiophene rings is 2. The lowest BCUT2D eigenvalue weighted by Gasteiger charge is -1.93. The minimum absolute atomic E-state index is 1.08. The molecule has 0 fully saturated rings. The zero-order valence-electron chi connectivity index (χ0n) is 8.33. The minimum atomic E-state index is 1.08. The molecule has 0 N–H and O–H groups in total. The van der Waals surface area contributed by atoms with Gasteiger partial charge in [0, 0.05) is 32.6 Å². The molecule has 2 nitrogen and oxygen atoms in total. The molecular weight excluding hydrogens is 236 g/mol. The first-order chi connectivity index (χ1) is 7.93. The first-order valence-corrected chi connectivity index (χ1v) is 6.52. The van der Waals surface area contributed by atoms with E-state index in [0.717, 1.165) is 5.56 Å². The van der Waals surface area contributed by atoms with Crippen LogP contribution in [-0.4, -0.2) is 9.97 Å². The van der Waals surface area contributed by atoms with Crippen LogP contribution in [0, 0.1) is 0 Å². The van der Waals surface area contributed by atoms with Gasteiger partial charge in [-0.05, 0) is 23.6 Å². The van der Waals surface area contributed by atoms with E-state index in [9.17, 15) is 0 Å². The van der Waals surface area contributed by atoms with Gasteiger partial charge in [-0.2, -0.15) is 0 Å². The van der Waals surface area contributed by atoms with Crippen LogP contribution in [0.5, 0.6) is 0 Å². The highest BCUT2D eigenvalue weighted by Gasteiger charge is 2.05. The van der Waals surface area contributed by atoms with Gasteiger partial charge in [-0.3, -0.25) is 0 Å². The van der Waals surface area contributed by atoms with Crippen LogP contribution in [0.15, 0.2) is 48.4 Å². The molecule has 0 saturated heterocycles. The van der Waals surface area contributed by atoms with E-state index in [1.165, 1.54) is 14.6 Å². The Bertz CT molecular complexity index is 570. The fourth-order valence-electron chi connectivity index (χ4n) is 1.47. The molecule has 0 bridgehead atoms. The van der Waals surface area contributed by atoms with Crippen molar-refractivity contribution in [2.45, 2.75) is 0 Å². The molecule has 0 spiro atoms. The largest absolute Gasteiger partial charge is 0.244 e. The Morgan fingerprint density at radius 1 is 0.875 bits per heavy atom.